The van der Waals surface area contributed by atoms with Crippen molar-refractivity contribution in [1.82, 2.24) is 15.4 Å². The maximum atomic E-state index is 12.4. The van der Waals surface area contributed by atoms with E-state index in [4.69, 9.17) is 9.26 Å². The first kappa shape index (κ1) is 18.5. The summed E-state index contributed by atoms with van der Waals surface area (Å²) in [5.41, 5.74) is 2.04. The molecular formula is C20H27N3O3. The molecule has 1 aromatic carbocycles. The summed E-state index contributed by atoms with van der Waals surface area (Å²) in [6.07, 6.45) is 4.03. The highest BCUT2D eigenvalue weighted by Crippen LogP contribution is 2.30. The molecule has 0 radical (unpaired) electrons. The van der Waals surface area contributed by atoms with Crippen molar-refractivity contribution in [3.63, 3.8) is 0 Å². The van der Waals surface area contributed by atoms with E-state index in [-0.39, 0.29) is 11.9 Å². The molecule has 2 heterocycles. The summed E-state index contributed by atoms with van der Waals surface area (Å²) in [5.74, 6) is 1.72. The Balaban J connectivity index is 1.51. The minimum Gasteiger partial charge on any atom is -0.496 e. The van der Waals surface area contributed by atoms with Crippen LogP contribution >= 0.6 is 0 Å². The Labute approximate surface area is 154 Å². The number of benzene rings is 1. The number of amides is 1. The third-order valence-corrected chi connectivity index (χ3v) is 4.86. The third kappa shape index (κ3) is 4.64. The lowest BCUT2D eigenvalue weighted by atomic mass is 9.99. The molecule has 1 fully saturated rings. The van der Waals surface area contributed by atoms with Crippen LogP contribution in [0.4, 0.5) is 0 Å². The minimum atomic E-state index is 0.0482. The number of aromatic nitrogens is 1. The molecule has 0 saturated carbocycles. The molecular weight excluding hydrogens is 330 g/mol. The Kier molecular flexibility index (Phi) is 6.28. The summed E-state index contributed by atoms with van der Waals surface area (Å²) in [5, 5.41) is 7.18. The van der Waals surface area contributed by atoms with Crippen LogP contribution in [0.1, 0.15) is 42.3 Å². The maximum Gasteiger partial charge on any atom is 0.234 e. The van der Waals surface area contributed by atoms with Crippen molar-refractivity contribution < 1.29 is 14.1 Å². The van der Waals surface area contributed by atoms with E-state index in [2.05, 4.69) is 15.4 Å². The van der Waals surface area contributed by atoms with Gasteiger partial charge in [0.25, 0.3) is 0 Å². The molecule has 1 aliphatic heterocycles. The van der Waals surface area contributed by atoms with Gasteiger partial charge in [-0.1, -0.05) is 29.8 Å². The molecule has 1 amide bonds. The van der Waals surface area contributed by atoms with E-state index in [1.165, 1.54) is 0 Å². The summed E-state index contributed by atoms with van der Waals surface area (Å²) >= 11 is 0. The molecule has 6 nitrogen and oxygen atoms in total. The number of piperidine rings is 1. The first-order valence-corrected chi connectivity index (χ1v) is 9.23. The molecule has 3 rings (SSSR count). The molecule has 0 unspecified atom stereocenters. The molecule has 140 valence electrons. The fraction of sp³-hybridized carbons (Fsp3) is 0.500. The number of aryl methyl sites for hydroxylation is 1. The van der Waals surface area contributed by atoms with Gasteiger partial charge >= 0.3 is 0 Å². The maximum absolute atomic E-state index is 12.4. The number of hydrogen-bond donors (Lipinski definition) is 1. The Bertz CT molecular complexity index is 729. The Morgan fingerprint density at radius 3 is 3.00 bits per heavy atom. The predicted molar refractivity (Wildman–Crippen MR) is 99.1 cm³/mol. The summed E-state index contributed by atoms with van der Waals surface area (Å²) in [6.45, 7) is 3.80. The van der Waals surface area contributed by atoms with Crippen LogP contribution in [-0.2, 0) is 11.2 Å². The SMILES string of the molecule is COc1ccccc1CCNC(=O)CN1CCCC[C@@H]1c1cc(C)on1. The lowest BCUT2D eigenvalue weighted by Crippen LogP contribution is -2.42. The van der Waals surface area contributed by atoms with Gasteiger partial charge in [-0.25, -0.2) is 0 Å². The van der Waals surface area contributed by atoms with Crippen molar-refractivity contribution in [2.45, 2.75) is 38.6 Å². The largest absolute Gasteiger partial charge is 0.496 e. The lowest BCUT2D eigenvalue weighted by molar-refractivity contribution is -0.123. The molecule has 0 bridgehead atoms. The molecule has 6 heteroatoms. The van der Waals surface area contributed by atoms with Gasteiger partial charge in [-0.05, 0) is 44.4 Å². The van der Waals surface area contributed by atoms with Gasteiger partial charge in [0.15, 0.2) is 0 Å². The van der Waals surface area contributed by atoms with Gasteiger partial charge in [-0.3, -0.25) is 9.69 Å². The summed E-state index contributed by atoms with van der Waals surface area (Å²) < 4.78 is 10.6. The Morgan fingerprint density at radius 1 is 1.38 bits per heavy atom. The number of para-hydroxylation sites is 1. The molecule has 1 N–H and O–H groups in total. The van der Waals surface area contributed by atoms with Gasteiger partial charge in [0, 0.05) is 12.6 Å². The molecule has 2 aromatic rings. The third-order valence-electron chi connectivity index (χ3n) is 4.86. The van der Waals surface area contributed by atoms with Crippen LogP contribution in [0, 0.1) is 6.92 Å². The number of hydrogen-bond acceptors (Lipinski definition) is 5. The van der Waals surface area contributed by atoms with Gasteiger partial charge in [0.2, 0.25) is 5.91 Å². The zero-order valence-electron chi connectivity index (χ0n) is 15.5. The number of nitrogens with zero attached hydrogens (tertiary/aromatic N) is 2. The van der Waals surface area contributed by atoms with Crippen LogP contribution in [0.3, 0.4) is 0 Å². The highest BCUT2D eigenvalue weighted by Gasteiger charge is 2.27. The van der Waals surface area contributed by atoms with Crippen LogP contribution in [0.25, 0.3) is 0 Å². The number of carbonyl (C=O) groups excluding carboxylic acids is 1. The van der Waals surface area contributed by atoms with Crippen LogP contribution in [0.2, 0.25) is 0 Å². The number of rotatable bonds is 7. The summed E-state index contributed by atoms with van der Waals surface area (Å²) in [7, 11) is 1.67. The number of methoxy groups -OCH3 is 1. The average Bonchev–Trinajstić information content (AvgIpc) is 3.09. The fourth-order valence-electron chi connectivity index (χ4n) is 3.54. The van der Waals surface area contributed by atoms with Gasteiger partial charge in [0.1, 0.15) is 17.2 Å². The molecule has 1 saturated heterocycles. The predicted octanol–water partition coefficient (Wildman–Crippen LogP) is 2.88. The Hall–Kier alpha value is -2.34. The second-order valence-corrected chi connectivity index (χ2v) is 6.76. The normalized spacial score (nSPS) is 17.8. The number of ether oxygens (including phenoxy) is 1. The second kappa shape index (κ2) is 8.85. The topological polar surface area (TPSA) is 67.6 Å². The van der Waals surface area contributed by atoms with Crippen LogP contribution in [0.5, 0.6) is 5.75 Å². The monoisotopic (exact) mass is 357 g/mol. The van der Waals surface area contributed by atoms with Crippen LogP contribution in [0.15, 0.2) is 34.9 Å². The van der Waals surface area contributed by atoms with Crippen molar-refractivity contribution in [2.24, 2.45) is 0 Å². The molecule has 0 aliphatic carbocycles. The van der Waals surface area contributed by atoms with Gasteiger partial charge in [-0.15, -0.1) is 0 Å². The van der Waals surface area contributed by atoms with E-state index in [0.717, 1.165) is 55.0 Å². The van der Waals surface area contributed by atoms with Crippen molar-refractivity contribution in [3.8, 4) is 5.75 Å². The van der Waals surface area contributed by atoms with E-state index in [1.807, 2.05) is 37.3 Å². The highest BCUT2D eigenvalue weighted by atomic mass is 16.5. The smallest absolute Gasteiger partial charge is 0.234 e. The quantitative estimate of drug-likeness (QED) is 0.825. The van der Waals surface area contributed by atoms with Gasteiger partial charge < -0.3 is 14.6 Å². The van der Waals surface area contributed by atoms with Gasteiger partial charge in [0.05, 0.1) is 19.7 Å². The highest BCUT2D eigenvalue weighted by molar-refractivity contribution is 5.78. The first-order chi connectivity index (χ1) is 12.7. The molecule has 1 aromatic heterocycles. The van der Waals surface area contributed by atoms with Crippen LogP contribution in [-0.4, -0.2) is 42.7 Å². The molecule has 1 atom stereocenters. The van der Waals surface area contributed by atoms with E-state index < -0.39 is 0 Å². The fourth-order valence-corrected chi connectivity index (χ4v) is 3.54. The van der Waals surface area contributed by atoms with Crippen molar-refractivity contribution in [1.29, 1.82) is 0 Å². The number of likely N-dealkylation sites (tertiary alicyclic amines) is 1. The standard InChI is InChI=1S/C20H27N3O3/c1-15-13-17(22-26-15)18-8-5-6-12-23(18)14-20(24)21-11-10-16-7-3-4-9-19(16)25-2/h3-4,7,9,13,18H,5-6,8,10-12,14H2,1-2H3,(H,21,24)/t18-/m1/s1. The van der Waals surface area contributed by atoms with E-state index in [0.29, 0.717) is 13.1 Å². The van der Waals surface area contributed by atoms with Gasteiger partial charge in [-0.2, -0.15) is 0 Å². The number of nitrogens with one attached hydrogen (secondary N) is 1. The molecule has 0 spiro atoms. The van der Waals surface area contributed by atoms with E-state index in [9.17, 15) is 4.79 Å². The second-order valence-electron chi connectivity index (χ2n) is 6.76. The Morgan fingerprint density at radius 2 is 2.23 bits per heavy atom. The van der Waals surface area contributed by atoms with Crippen LogP contribution < -0.4 is 10.1 Å². The summed E-state index contributed by atoms with van der Waals surface area (Å²) in [4.78, 5) is 14.6. The van der Waals surface area contributed by atoms with Crippen molar-refractivity contribution >= 4 is 5.91 Å². The zero-order chi connectivity index (χ0) is 18.4. The first-order valence-electron chi connectivity index (χ1n) is 9.23. The van der Waals surface area contributed by atoms with Crippen molar-refractivity contribution in [2.75, 3.05) is 26.7 Å². The number of carbonyl (C=O) groups is 1. The van der Waals surface area contributed by atoms with E-state index >= 15 is 0 Å². The zero-order valence-corrected chi connectivity index (χ0v) is 15.5. The van der Waals surface area contributed by atoms with Crippen molar-refractivity contribution in [3.05, 3.63) is 47.3 Å². The summed E-state index contributed by atoms with van der Waals surface area (Å²) in [6, 6.07) is 10.0. The average molecular weight is 357 g/mol. The molecule has 1 aliphatic rings. The minimum absolute atomic E-state index is 0.0482. The lowest BCUT2D eigenvalue weighted by Gasteiger charge is -2.33. The van der Waals surface area contributed by atoms with E-state index in [1.54, 1.807) is 7.11 Å². The molecule has 26 heavy (non-hydrogen) atoms.